The third-order valence-corrected chi connectivity index (χ3v) is 4.12. The number of hydrogen-bond donors (Lipinski definition) is 0. The van der Waals surface area contributed by atoms with Crippen molar-refractivity contribution in [2.24, 2.45) is 5.92 Å². The smallest absolute Gasteiger partial charge is 0.165 e. The fourth-order valence-electron chi connectivity index (χ4n) is 2.49. The second kappa shape index (κ2) is 5.76. The summed E-state index contributed by atoms with van der Waals surface area (Å²) >= 11 is 3.10. The summed E-state index contributed by atoms with van der Waals surface area (Å²) in [5, 5.41) is 0. The van der Waals surface area contributed by atoms with Gasteiger partial charge in [0.2, 0.25) is 0 Å². The highest BCUT2D eigenvalue weighted by Crippen LogP contribution is 2.29. The molecule has 1 nitrogen and oxygen atoms in total. The first-order valence-corrected chi connectivity index (χ1v) is 6.95. The van der Waals surface area contributed by atoms with Crippen LogP contribution in [0.25, 0.3) is 0 Å². The maximum absolute atomic E-state index is 13.7. The molecule has 1 aromatic rings. The number of rotatable bonds is 4. The minimum Gasteiger partial charge on any atom is -0.294 e. The lowest BCUT2D eigenvalue weighted by atomic mass is 9.97. The van der Waals surface area contributed by atoms with Gasteiger partial charge in [-0.15, -0.1) is 0 Å². The minimum absolute atomic E-state index is 0.0734. The van der Waals surface area contributed by atoms with Crippen LogP contribution >= 0.6 is 15.9 Å². The maximum atomic E-state index is 13.7. The summed E-state index contributed by atoms with van der Waals surface area (Å²) < 4.78 is 14.0. The SMILES string of the molecule is O=C(CCC1CCCC1)c1cccc(Br)c1F. The van der Waals surface area contributed by atoms with Gasteiger partial charge in [0.25, 0.3) is 0 Å². The van der Waals surface area contributed by atoms with Gasteiger partial charge < -0.3 is 0 Å². The van der Waals surface area contributed by atoms with Crippen LogP contribution in [0.3, 0.4) is 0 Å². The van der Waals surface area contributed by atoms with Gasteiger partial charge in [0.15, 0.2) is 5.78 Å². The van der Waals surface area contributed by atoms with Gasteiger partial charge in [0, 0.05) is 6.42 Å². The Bertz CT molecular complexity index is 411. The van der Waals surface area contributed by atoms with Crippen LogP contribution in [0.2, 0.25) is 0 Å². The van der Waals surface area contributed by atoms with Crippen molar-refractivity contribution >= 4 is 21.7 Å². The Morgan fingerprint density at radius 1 is 1.35 bits per heavy atom. The molecule has 3 heteroatoms. The molecule has 0 atom stereocenters. The Hall–Kier alpha value is -0.700. The number of Topliss-reactive ketones (excluding diaryl/α,β-unsaturated/α-hetero) is 1. The summed E-state index contributed by atoms with van der Waals surface area (Å²) in [6.07, 6.45) is 6.40. The Labute approximate surface area is 110 Å². The molecule has 0 unspecified atom stereocenters. The highest BCUT2D eigenvalue weighted by atomic mass is 79.9. The van der Waals surface area contributed by atoms with Crippen LogP contribution in [0.5, 0.6) is 0 Å². The third kappa shape index (κ3) is 3.15. The number of halogens is 2. The topological polar surface area (TPSA) is 17.1 Å². The zero-order chi connectivity index (χ0) is 12.3. The monoisotopic (exact) mass is 298 g/mol. The van der Waals surface area contributed by atoms with Crippen molar-refractivity contribution in [3.8, 4) is 0 Å². The van der Waals surface area contributed by atoms with Gasteiger partial charge in [-0.1, -0.05) is 31.7 Å². The second-order valence-corrected chi connectivity index (χ2v) is 5.57. The average molecular weight is 299 g/mol. The highest BCUT2D eigenvalue weighted by Gasteiger charge is 2.18. The van der Waals surface area contributed by atoms with E-state index < -0.39 is 5.82 Å². The van der Waals surface area contributed by atoms with Gasteiger partial charge in [0.05, 0.1) is 10.0 Å². The van der Waals surface area contributed by atoms with Crippen molar-refractivity contribution in [3.63, 3.8) is 0 Å². The van der Waals surface area contributed by atoms with Crippen LogP contribution in [0.15, 0.2) is 22.7 Å². The first-order chi connectivity index (χ1) is 8.18. The van der Waals surface area contributed by atoms with Crippen LogP contribution < -0.4 is 0 Å². The van der Waals surface area contributed by atoms with Crippen LogP contribution in [-0.4, -0.2) is 5.78 Å². The predicted octanol–water partition coefficient (Wildman–Crippen LogP) is 4.74. The fourth-order valence-corrected chi connectivity index (χ4v) is 2.85. The number of hydrogen-bond acceptors (Lipinski definition) is 1. The molecular weight excluding hydrogens is 283 g/mol. The van der Waals surface area contributed by atoms with Crippen molar-refractivity contribution in [1.29, 1.82) is 0 Å². The zero-order valence-electron chi connectivity index (χ0n) is 9.72. The Kier molecular flexibility index (Phi) is 4.32. The molecule has 2 rings (SSSR count). The number of ketones is 1. The van der Waals surface area contributed by atoms with Gasteiger partial charge >= 0.3 is 0 Å². The lowest BCUT2D eigenvalue weighted by molar-refractivity contribution is 0.0970. The van der Waals surface area contributed by atoms with E-state index in [1.165, 1.54) is 25.7 Å². The zero-order valence-corrected chi connectivity index (χ0v) is 11.3. The molecule has 0 aliphatic heterocycles. The van der Waals surface area contributed by atoms with Crippen LogP contribution in [0, 0.1) is 11.7 Å². The first-order valence-electron chi connectivity index (χ1n) is 6.15. The van der Waals surface area contributed by atoms with E-state index in [4.69, 9.17) is 0 Å². The van der Waals surface area contributed by atoms with Crippen LogP contribution in [0.1, 0.15) is 48.9 Å². The molecule has 1 aromatic carbocycles. The Morgan fingerprint density at radius 3 is 2.76 bits per heavy atom. The molecule has 0 saturated heterocycles. The molecule has 17 heavy (non-hydrogen) atoms. The van der Waals surface area contributed by atoms with E-state index in [2.05, 4.69) is 15.9 Å². The molecule has 1 fully saturated rings. The quantitative estimate of drug-likeness (QED) is 0.734. The maximum Gasteiger partial charge on any atom is 0.165 e. The van der Waals surface area contributed by atoms with Gasteiger partial charge in [-0.05, 0) is 40.4 Å². The number of carbonyl (C=O) groups is 1. The summed E-state index contributed by atoms with van der Waals surface area (Å²) in [5.41, 5.74) is 0.220. The molecule has 0 bridgehead atoms. The van der Waals surface area contributed by atoms with E-state index in [0.29, 0.717) is 16.8 Å². The molecule has 0 N–H and O–H groups in total. The molecule has 0 radical (unpaired) electrons. The Morgan fingerprint density at radius 2 is 2.06 bits per heavy atom. The molecule has 0 heterocycles. The predicted molar refractivity (Wildman–Crippen MR) is 69.6 cm³/mol. The highest BCUT2D eigenvalue weighted by molar-refractivity contribution is 9.10. The minimum atomic E-state index is -0.427. The van der Waals surface area contributed by atoms with Crippen molar-refractivity contribution in [2.75, 3.05) is 0 Å². The van der Waals surface area contributed by atoms with Crippen LogP contribution in [0.4, 0.5) is 4.39 Å². The van der Waals surface area contributed by atoms with E-state index in [9.17, 15) is 9.18 Å². The molecular formula is C14H16BrFO. The first kappa shape index (κ1) is 12.7. The third-order valence-electron chi connectivity index (χ3n) is 3.51. The molecule has 92 valence electrons. The number of benzene rings is 1. The van der Waals surface area contributed by atoms with Gasteiger partial charge in [-0.2, -0.15) is 0 Å². The van der Waals surface area contributed by atoms with Gasteiger partial charge in [-0.3, -0.25) is 4.79 Å². The van der Waals surface area contributed by atoms with E-state index in [0.717, 1.165) is 6.42 Å². The largest absolute Gasteiger partial charge is 0.294 e. The van der Waals surface area contributed by atoms with Crippen molar-refractivity contribution in [2.45, 2.75) is 38.5 Å². The fraction of sp³-hybridized carbons (Fsp3) is 0.500. The lowest BCUT2D eigenvalue weighted by Crippen LogP contribution is -2.05. The molecule has 0 amide bonds. The Balaban J connectivity index is 1.97. The van der Waals surface area contributed by atoms with E-state index in [1.807, 2.05) is 0 Å². The lowest BCUT2D eigenvalue weighted by Gasteiger charge is -2.08. The summed E-state index contributed by atoms with van der Waals surface area (Å²) in [5.74, 6) is 0.175. The summed E-state index contributed by atoms with van der Waals surface area (Å²) in [4.78, 5) is 11.9. The molecule has 1 aliphatic carbocycles. The van der Waals surface area contributed by atoms with Gasteiger partial charge in [-0.25, -0.2) is 4.39 Å². The van der Waals surface area contributed by atoms with E-state index in [1.54, 1.807) is 18.2 Å². The van der Waals surface area contributed by atoms with Crippen molar-refractivity contribution < 1.29 is 9.18 Å². The normalized spacial score (nSPS) is 16.4. The summed E-state index contributed by atoms with van der Waals surface area (Å²) in [6, 6.07) is 4.89. The summed E-state index contributed by atoms with van der Waals surface area (Å²) in [7, 11) is 0. The van der Waals surface area contributed by atoms with E-state index >= 15 is 0 Å². The number of carbonyl (C=O) groups excluding carboxylic acids is 1. The molecule has 1 saturated carbocycles. The second-order valence-electron chi connectivity index (χ2n) is 4.71. The molecule has 1 aliphatic rings. The van der Waals surface area contributed by atoms with E-state index in [-0.39, 0.29) is 11.3 Å². The molecule has 0 spiro atoms. The van der Waals surface area contributed by atoms with Gasteiger partial charge in [0.1, 0.15) is 5.82 Å². The van der Waals surface area contributed by atoms with Crippen molar-refractivity contribution in [1.82, 2.24) is 0 Å². The van der Waals surface area contributed by atoms with Crippen molar-refractivity contribution in [3.05, 3.63) is 34.1 Å². The summed E-state index contributed by atoms with van der Waals surface area (Å²) in [6.45, 7) is 0. The molecule has 0 aromatic heterocycles. The standard InChI is InChI=1S/C14H16BrFO/c15-12-7-3-6-11(14(12)16)13(17)9-8-10-4-1-2-5-10/h3,6-7,10H,1-2,4-5,8-9H2. The average Bonchev–Trinajstić information content (AvgIpc) is 2.82. The van der Waals surface area contributed by atoms with Crippen LogP contribution in [-0.2, 0) is 0 Å².